The second-order valence-electron chi connectivity index (χ2n) is 4.16. The number of halogens is 1. The number of benzene rings is 1. The lowest BCUT2D eigenvalue weighted by molar-refractivity contribution is 0.238. The fourth-order valence-corrected chi connectivity index (χ4v) is 2.25. The molecule has 3 nitrogen and oxygen atoms in total. The Labute approximate surface area is 120 Å². The summed E-state index contributed by atoms with van der Waals surface area (Å²) in [5, 5.41) is 12.7. The van der Waals surface area contributed by atoms with Crippen LogP contribution in [0, 0.1) is 3.77 Å². The van der Waals surface area contributed by atoms with Crippen molar-refractivity contribution in [3.63, 3.8) is 0 Å². The predicted octanol–water partition coefficient (Wildman–Crippen LogP) is 2.58. The van der Waals surface area contributed by atoms with Gasteiger partial charge in [-0.1, -0.05) is 30.3 Å². The zero-order valence-corrected chi connectivity index (χ0v) is 12.1. The predicted molar refractivity (Wildman–Crippen MR) is 79.3 cm³/mol. The van der Waals surface area contributed by atoms with Gasteiger partial charge < -0.3 is 14.8 Å². The summed E-state index contributed by atoms with van der Waals surface area (Å²) in [7, 11) is 0. The maximum Gasteiger partial charge on any atom is 0.164 e. The second-order valence-corrected chi connectivity index (χ2v) is 5.22. The van der Waals surface area contributed by atoms with Gasteiger partial charge in [-0.05, 0) is 46.7 Å². The zero-order chi connectivity index (χ0) is 12.8. The van der Waals surface area contributed by atoms with Crippen molar-refractivity contribution in [3.8, 4) is 0 Å². The van der Waals surface area contributed by atoms with Crippen LogP contribution in [0.5, 0.6) is 0 Å². The van der Waals surface area contributed by atoms with Crippen LogP contribution in [0.25, 0.3) is 0 Å². The number of aliphatic hydroxyl groups is 1. The largest absolute Gasteiger partial charge is 0.454 e. The van der Waals surface area contributed by atoms with E-state index < -0.39 is 0 Å². The maximum absolute atomic E-state index is 9.38. The highest BCUT2D eigenvalue weighted by Gasteiger charge is 2.09. The molecule has 1 heterocycles. The molecular formula is C14H16INO2. The van der Waals surface area contributed by atoms with Crippen molar-refractivity contribution in [1.29, 1.82) is 0 Å². The Bertz CT molecular complexity index is 470. The minimum absolute atomic E-state index is 0.0511. The highest BCUT2D eigenvalue weighted by Crippen LogP contribution is 2.10. The molecule has 2 rings (SSSR count). The van der Waals surface area contributed by atoms with E-state index in [-0.39, 0.29) is 12.6 Å². The van der Waals surface area contributed by atoms with Gasteiger partial charge in [0.1, 0.15) is 5.76 Å². The van der Waals surface area contributed by atoms with Crippen molar-refractivity contribution in [1.82, 2.24) is 5.32 Å². The smallest absolute Gasteiger partial charge is 0.164 e. The third kappa shape index (κ3) is 4.12. The van der Waals surface area contributed by atoms with Gasteiger partial charge in [0.25, 0.3) is 0 Å². The lowest BCUT2D eigenvalue weighted by atomic mass is 10.1. The highest BCUT2D eigenvalue weighted by molar-refractivity contribution is 14.1. The Morgan fingerprint density at radius 2 is 1.94 bits per heavy atom. The number of hydrogen-bond acceptors (Lipinski definition) is 3. The van der Waals surface area contributed by atoms with Gasteiger partial charge in [-0.15, -0.1) is 0 Å². The summed E-state index contributed by atoms with van der Waals surface area (Å²) in [6, 6.07) is 14.1. The van der Waals surface area contributed by atoms with Crippen LogP contribution in [0.3, 0.4) is 0 Å². The minimum Gasteiger partial charge on any atom is -0.454 e. The summed E-state index contributed by atoms with van der Waals surface area (Å²) >= 11 is 2.14. The first kappa shape index (κ1) is 13.6. The monoisotopic (exact) mass is 357 g/mol. The molecule has 0 unspecified atom stereocenters. The van der Waals surface area contributed by atoms with E-state index in [0.717, 1.165) is 15.9 Å². The van der Waals surface area contributed by atoms with E-state index in [4.69, 9.17) is 4.42 Å². The topological polar surface area (TPSA) is 45.4 Å². The van der Waals surface area contributed by atoms with Gasteiger partial charge in [-0.25, -0.2) is 0 Å². The molecular weight excluding hydrogens is 341 g/mol. The summed E-state index contributed by atoms with van der Waals surface area (Å²) in [5.74, 6) is 0.894. The van der Waals surface area contributed by atoms with Crippen molar-refractivity contribution in [2.75, 3.05) is 6.61 Å². The van der Waals surface area contributed by atoms with Crippen LogP contribution < -0.4 is 5.32 Å². The molecule has 4 heteroatoms. The molecule has 2 N–H and O–H groups in total. The van der Waals surface area contributed by atoms with Gasteiger partial charge in [0.15, 0.2) is 3.77 Å². The van der Waals surface area contributed by atoms with Crippen molar-refractivity contribution < 1.29 is 9.52 Å². The Morgan fingerprint density at radius 1 is 1.17 bits per heavy atom. The van der Waals surface area contributed by atoms with E-state index in [1.165, 1.54) is 5.56 Å². The molecule has 0 radical (unpaired) electrons. The molecule has 18 heavy (non-hydrogen) atoms. The van der Waals surface area contributed by atoms with Crippen LogP contribution in [0.15, 0.2) is 46.9 Å². The maximum atomic E-state index is 9.38. The van der Waals surface area contributed by atoms with Crippen molar-refractivity contribution in [2.24, 2.45) is 0 Å². The Morgan fingerprint density at radius 3 is 2.56 bits per heavy atom. The molecule has 0 amide bonds. The molecule has 0 saturated carbocycles. The molecule has 1 atom stereocenters. The first-order valence-electron chi connectivity index (χ1n) is 5.90. The van der Waals surface area contributed by atoms with Gasteiger partial charge >= 0.3 is 0 Å². The number of rotatable bonds is 6. The Hall–Kier alpha value is -0.850. The van der Waals surface area contributed by atoms with Crippen LogP contribution in [0.2, 0.25) is 0 Å². The van der Waals surface area contributed by atoms with E-state index in [9.17, 15) is 5.11 Å². The molecule has 1 aromatic carbocycles. The number of aliphatic hydroxyl groups excluding tert-OH is 1. The second kappa shape index (κ2) is 6.92. The van der Waals surface area contributed by atoms with E-state index in [1.807, 2.05) is 30.3 Å². The lowest BCUT2D eigenvalue weighted by Gasteiger charge is -2.15. The Kier molecular flexibility index (Phi) is 5.22. The van der Waals surface area contributed by atoms with Crippen LogP contribution in [0.1, 0.15) is 11.3 Å². The normalized spacial score (nSPS) is 12.6. The zero-order valence-electron chi connectivity index (χ0n) is 9.97. The number of nitrogens with one attached hydrogen (secondary N) is 1. The van der Waals surface area contributed by atoms with Crippen LogP contribution in [-0.2, 0) is 13.0 Å². The average molecular weight is 357 g/mol. The molecule has 0 saturated heterocycles. The number of hydrogen-bond donors (Lipinski definition) is 2. The summed E-state index contributed by atoms with van der Waals surface area (Å²) in [6.45, 7) is 0.758. The number of furan rings is 1. The quantitative estimate of drug-likeness (QED) is 0.782. The van der Waals surface area contributed by atoms with E-state index >= 15 is 0 Å². The summed E-state index contributed by atoms with van der Waals surface area (Å²) in [6.07, 6.45) is 0.815. The molecule has 1 aromatic heterocycles. The molecule has 0 aliphatic heterocycles. The van der Waals surface area contributed by atoms with Gasteiger partial charge in [0, 0.05) is 6.04 Å². The fraction of sp³-hybridized carbons (Fsp3) is 0.286. The van der Waals surface area contributed by atoms with Gasteiger partial charge in [0.2, 0.25) is 0 Å². The summed E-state index contributed by atoms with van der Waals surface area (Å²) in [4.78, 5) is 0. The van der Waals surface area contributed by atoms with Crippen molar-refractivity contribution >= 4 is 22.6 Å². The van der Waals surface area contributed by atoms with E-state index in [1.54, 1.807) is 0 Å². The summed E-state index contributed by atoms with van der Waals surface area (Å²) in [5.41, 5.74) is 1.22. The molecule has 2 aromatic rings. The van der Waals surface area contributed by atoms with Crippen LogP contribution in [0.4, 0.5) is 0 Å². The standard InChI is InChI=1S/C14H16INO2/c15-14-7-6-13(18-14)9-16-12(10-17)8-11-4-2-1-3-5-11/h1-7,12,16-17H,8-10H2/t12-/m1/s1. The van der Waals surface area contributed by atoms with E-state index in [0.29, 0.717) is 6.54 Å². The average Bonchev–Trinajstić information content (AvgIpc) is 2.81. The minimum atomic E-state index is 0.0511. The molecule has 96 valence electrons. The SMILES string of the molecule is OC[C@@H](Cc1ccccc1)NCc1ccc(I)o1. The third-order valence-electron chi connectivity index (χ3n) is 2.74. The van der Waals surface area contributed by atoms with Crippen molar-refractivity contribution in [2.45, 2.75) is 19.0 Å². The van der Waals surface area contributed by atoms with Crippen LogP contribution in [-0.4, -0.2) is 17.8 Å². The fourth-order valence-electron chi connectivity index (χ4n) is 1.79. The Balaban J connectivity index is 1.86. The van der Waals surface area contributed by atoms with Gasteiger partial charge in [-0.3, -0.25) is 0 Å². The first-order valence-corrected chi connectivity index (χ1v) is 6.98. The third-order valence-corrected chi connectivity index (χ3v) is 3.32. The molecule has 0 spiro atoms. The lowest BCUT2D eigenvalue weighted by Crippen LogP contribution is -2.33. The van der Waals surface area contributed by atoms with Gasteiger partial charge in [-0.2, -0.15) is 0 Å². The molecule has 0 aliphatic carbocycles. The van der Waals surface area contributed by atoms with Crippen molar-refractivity contribution in [3.05, 3.63) is 57.6 Å². The first-order chi connectivity index (χ1) is 8.78. The van der Waals surface area contributed by atoms with Crippen LogP contribution >= 0.6 is 22.6 Å². The van der Waals surface area contributed by atoms with E-state index in [2.05, 4.69) is 40.0 Å². The molecule has 0 bridgehead atoms. The summed E-state index contributed by atoms with van der Waals surface area (Å²) < 4.78 is 6.35. The highest BCUT2D eigenvalue weighted by atomic mass is 127. The van der Waals surface area contributed by atoms with Gasteiger partial charge in [0.05, 0.1) is 13.2 Å². The molecule has 0 aliphatic rings. The molecule has 0 fully saturated rings.